The second kappa shape index (κ2) is 6.89. The number of hydrogen-bond donors (Lipinski definition) is 2. The highest BCUT2D eigenvalue weighted by molar-refractivity contribution is 5.67. The number of rotatable bonds is 3. The quantitative estimate of drug-likeness (QED) is 0.882. The standard InChI is InChI=1S/C15H21NO5/c1-15(2)20-9-12(13(17)10-21-15)16-14(18)19-8-11-6-4-3-5-7-11/h3-7,12-13,17H,8-10H2,1-2H3,(H,16,18). The zero-order valence-corrected chi connectivity index (χ0v) is 12.2. The Labute approximate surface area is 124 Å². The molecule has 6 heteroatoms. The summed E-state index contributed by atoms with van der Waals surface area (Å²) >= 11 is 0. The molecule has 2 atom stereocenters. The van der Waals surface area contributed by atoms with Crippen molar-refractivity contribution in [1.82, 2.24) is 5.32 Å². The van der Waals surface area contributed by atoms with E-state index < -0.39 is 24.0 Å². The Morgan fingerprint density at radius 3 is 2.71 bits per heavy atom. The van der Waals surface area contributed by atoms with Crippen LogP contribution in [0.1, 0.15) is 19.4 Å². The summed E-state index contributed by atoms with van der Waals surface area (Å²) in [7, 11) is 0. The van der Waals surface area contributed by atoms with Crippen LogP contribution in [0.25, 0.3) is 0 Å². The number of nitrogens with one attached hydrogen (secondary N) is 1. The first-order chi connectivity index (χ1) is 9.96. The number of carbonyl (C=O) groups excluding carboxylic acids is 1. The summed E-state index contributed by atoms with van der Waals surface area (Å²) in [5, 5.41) is 12.5. The lowest BCUT2D eigenvalue weighted by Gasteiger charge is -2.22. The molecule has 1 heterocycles. The first-order valence-corrected chi connectivity index (χ1v) is 6.89. The third kappa shape index (κ3) is 5.00. The van der Waals surface area contributed by atoms with Gasteiger partial charge < -0.3 is 24.6 Å². The normalized spacial score (nSPS) is 24.9. The van der Waals surface area contributed by atoms with Gasteiger partial charge in [-0.15, -0.1) is 0 Å². The highest BCUT2D eigenvalue weighted by Gasteiger charge is 2.32. The van der Waals surface area contributed by atoms with Crippen LogP contribution in [0.5, 0.6) is 0 Å². The molecule has 2 N–H and O–H groups in total. The molecule has 6 nitrogen and oxygen atoms in total. The van der Waals surface area contributed by atoms with Crippen LogP contribution in [0, 0.1) is 0 Å². The van der Waals surface area contributed by atoms with Crippen molar-refractivity contribution in [2.75, 3.05) is 13.2 Å². The van der Waals surface area contributed by atoms with Gasteiger partial charge in [0.15, 0.2) is 5.79 Å². The zero-order chi connectivity index (χ0) is 15.3. The number of benzene rings is 1. The Hall–Kier alpha value is -1.63. The fourth-order valence-electron chi connectivity index (χ4n) is 1.90. The topological polar surface area (TPSA) is 77.0 Å². The summed E-state index contributed by atoms with van der Waals surface area (Å²) < 4.78 is 16.0. The lowest BCUT2D eigenvalue weighted by atomic mass is 10.2. The Balaban J connectivity index is 1.81. The third-order valence-corrected chi connectivity index (χ3v) is 3.19. The third-order valence-electron chi connectivity index (χ3n) is 3.19. The maximum absolute atomic E-state index is 11.8. The van der Waals surface area contributed by atoms with Crippen LogP contribution >= 0.6 is 0 Å². The molecule has 0 aliphatic carbocycles. The summed E-state index contributed by atoms with van der Waals surface area (Å²) in [6.45, 7) is 3.95. The molecule has 0 aromatic heterocycles. The van der Waals surface area contributed by atoms with Crippen LogP contribution in [-0.2, 0) is 20.8 Å². The van der Waals surface area contributed by atoms with E-state index in [0.717, 1.165) is 5.56 Å². The fourth-order valence-corrected chi connectivity index (χ4v) is 1.90. The molecule has 1 amide bonds. The van der Waals surface area contributed by atoms with E-state index in [1.807, 2.05) is 30.3 Å². The van der Waals surface area contributed by atoms with Crippen LogP contribution in [0.2, 0.25) is 0 Å². The van der Waals surface area contributed by atoms with E-state index in [4.69, 9.17) is 14.2 Å². The van der Waals surface area contributed by atoms with Gasteiger partial charge in [-0.05, 0) is 19.4 Å². The van der Waals surface area contributed by atoms with Gasteiger partial charge in [0.1, 0.15) is 6.61 Å². The van der Waals surface area contributed by atoms with E-state index in [0.29, 0.717) is 0 Å². The Morgan fingerprint density at radius 2 is 2.00 bits per heavy atom. The molecule has 116 valence electrons. The maximum atomic E-state index is 11.8. The molecule has 1 fully saturated rings. The summed E-state index contributed by atoms with van der Waals surface area (Å²) in [6.07, 6.45) is -1.43. The van der Waals surface area contributed by atoms with Gasteiger partial charge in [0.2, 0.25) is 0 Å². The molecule has 0 spiro atoms. The van der Waals surface area contributed by atoms with Crippen molar-refractivity contribution < 1.29 is 24.1 Å². The second-order valence-corrected chi connectivity index (χ2v) is 5.40. The lowest BCUT2D eigenvalue weighted by Crippen LogP contribution is -2.47. The molecule has 0 saturated carbocycles. The maximum Gasteiger partial charge on any atom is 0.407 e. The molecule has 1 aromatic rings. The average molecular weight is 295 g/mol. The van der Waals surface area contributed by atoms with Crippen LogP contribution in [-0.4, -0.2) is 42.3 Å². The molecular weight excluding hydrogens is 274 g/mol. The van der Waals surface area contributed by atoms with Gasteiger partial charge in [-0.25, -0.2) is 4.79 Å². The second-order valence-electron chi connectivity index (χ2n) is 5.40. The van der Waals surface area contributed by atoms with E-state index in [2.05, 4.69) is 5.32 Å². The number of ether oxygens (including phenoxy) is 3. The number of amides is 1. The summed E-state index contributed by atoms with van der Waals surface area (Å²) in [6, 6.07) is 8.82. The molecule has 1 saturated heterocycles. The van der Waals surface area contributed by atoms with Crippen molar-refractivity contribution in [3.05, 3.63) is 35.9 Å². The van der Waals surface area contributed by atoms with Gasteiger partial charge >= 0.3 is 6.09 Å². The van der Waals surface area contributed by atoms with E-state index in [1.54, 1.807) is 13.8 Å². The number of aliphatic hydroxyl groups excluding tert-OH is 1. The van der Waals surface area contributed by atoms with E-state index in [9.17, 15) is 9.90 Å². The SMILES string of the molecule is CC1(C)OCC(O)C(NC(=O)OCc2ccccc2)CO1. The van der Waals surface area contributed by atoms with Crippen molar-refractivity contribution >= 4 is 6.09 Å². The number of hydrogen-bond acceptors (Lipinski definition) is 5. The van der Waals surface area contributed by atoms with Crippen molar-refractivity contribution in [3.8, 4) is 0 Å². The number of carbonyl (C=O) groups is 1. The Kier molecular flexibility index (Phi) is 5.17. The van der Waals surface area contributed by atoms with Crippen molar-refractivity contribution in [2.45, 2.75) is 38.4 Å². The van der Waals surface area contributed by atoms with E-state index in [-0.39, 0.29) is 19.8 Å². The minimum Gasteiger partial charge on any atom is -0.445 e. The molecule has 1 aromatic carbocycles. The number of alkyl carbamates (subject to hydrolysis) is 1. The van der Waals surface area contributed by atoms with Gasteiger partial charge in [0, 0.05) is 0 Å². The molecule has 2 unspecified atom stereocenters. The van der Waals surface area contributed by atoms with Gasteiger partial charge in [-0.1, -0.05) is 30.3 Å². The predicted molar refractivity (Wildman–Crippen MR) is 75.5 cm³/mol. The minimum atomic E-state index is -0.837. The van der Waals surface area contributed by atoms with E-state index in [1.165, 1.54) is 0 Å². The average Bonchev–Trinajstić information content (AvgIpc) is 2.59. The van der Waals surface area contributed by atoms with Crippen LogP contribution < -0.4 is 5.32 Å². The van der Waals surface area contributed by atoms with Crippen LogP contribution in [0.4, 0.5) is 4.79 Å². The van der Waals surface area contributed by atoms with E-state index >= 15 is 0 Å². The largest absolute Gasteiger partial charge is 0.445 e. The predicted octanol–water partition coefficient (Wildman–Crippen LogP) is 1.43. The fraction of sp³-hybridized carbons (Fsp3) is 0.533. The molecule has 1 aliphatic heterocycles. The highest BCUT2D eigenvalue weighted by Crippen LogP contribution is 2.17. The van der Waals surface area contributed by atoms with Crippen molar-refractivity contribution in [1.29, 1.82) is 0 Å². The molecule has 0 bridgehead atoms. The van der Waals surface area contributed by atoms with Gasteiger partial charge in [0.05, 0.1) is 25.4 Å². The van der Waals surface area contributed by atoms with Gasteiger partial charge in [-0.3, -0.25) is 0 Å². The summed E-state index contributed by atoms with van der Waals surface area (Å²) in [5.74, 6) is -0.772. The molecule has 0 radical (unpaired) electrons. The molecule has 2 rings (SSSR count). The van der Waals surface area contributed by atoms with Crippen molar-refractivity contribution in [2.24, 2.45) is 0 Å². The summed E-state index contributed by atoms with van der Waals surface area (Å²) in [4.78, 5) is 11.8. The molecule has 21 heavy (non-hydrogen) atoms. The van der Waals surface area contributed by atoms with Crippen molar-refractivity contribution in [3.63, 3.8) is 0 Å². The minimum absolute atomic E-state index is 0.0939. The van der Waals surface area contributed by atoms with Gasteiger partial charge in [0.25, 0.3) is 0 Å². The molecular formula is C15H21NO5. The van der Waals surface area contributed by atoms with Gasteiger partial charge in [-0.2, -0.15) is 0 Å². The first-order valence-electron chi connectivity index (χ1n) is 6.89. The highest BCUT2D eigenvalue weighted by atomic mass is 16.7. The Morgan fingerprint density at radius 1 is 1.33 bits per heavy atom. The molecule has 1 aliphatic rings. The summed E-state index contributed by atoms with van der Waals surface area (Å²) in [5.41, 5.74) is 0.898. The van der Waals surface area contributed by atoms with Crippen LogP contribution in [0.15, 0.2) is 30.3 Å². The number of aliphatic hydroxyl groups is 1. The monoisotopic (exact) mass is 295 g/mol. The Bertz CT molecular complexity index is 462. The van der Waals surface area contributed by atoms with Crippen LogP contribution in [0.3, 0.4) is 0 Å². The smallest absolute Gasteiger partial charge is 0.407 e. The zero-order valence-electron chi connectivity index (χ0n) is 12.2. The first kappa shape index (κ1) is 15.8. The lowest BCUT2D eigenvalue weighted by molar-refractivity contribution is -0.203.